The predicted octanol–water partition coefficient (Wildman–Crippen LogP) is 3.77. The summed E-state index contributed by atoms with van der Waals surface area (Å²) in [6, 6.07) is 0. The van der Waals surface area contributed by atoms with Crippen molar-refractivity contribution in [1.82, 2.24) is 0 Å². The van der Waals surface area contributed by atoms with Crippen molar-refractivity contribution in [1.29, 1.82) is 0 Å². The first-order chi connectivity index (χ1) is 7.18. The molecule has 86 valence electrons. The van der Waals surface area contributed by atoms with E-state index < -0.39 is 5.97 Å². The van der Waals surface area contributed by atoms with E-state index in [0.29, 0.717) is 11.8 Å². The maximum absolute atomic E-state index is 10.5. The highest BCUT2D eigenvalue weighted by atomic mass is 16.4. The zero-order chi connectivity index (χ0) is 11.1. The molecule has 0 spiro atoms. The molecule has 1 fully saturated rings. The quantitative estimate of drug-likeness (QED) is 0.678. The fraction of sp³-hybridized carbons (Fsp3) is 0.769. The monoisotopic (exact) mass is 210 g/mol. The molecule has 0 saturated heterocycles. The van der Waals surface area contributed by atoms with E-state index in [9.17, 15) is 4.79 Å². The van der Waals surface area contributed by atoms with E-state index in [0.717, 1.165) is 19.3 Å². The Morgan fingerprint density at radius 1 is 1.33 bits per heavy atom. The Hall–Kier alpha value is -0.790. The summed E-state index contributed by atoms with van der Waals surface area (Å²) >= 11 is 0. The van der Waals surface area contributed by atoms with Gasteiger partial charge in [0.1, 0.15) is 0 Å². The molecule has 0 unspecified atom stereocenters. The number of carboxylic acid groups (broad SMARTS) is 1. The number of carbonyl (C=O) groups is 1. The van der Waals surface area contributed by atoms with Crippen LogP contribution in [0.5, 0.6) is 0 Å². The summed E-state index contributed by atoms with van der Waals surface area (Å²) in [6.45, 7) is 3.83. The second-order valence-corrected chi connectivity index (χ2v) is 4.80. The summed E-state index contributed by atoms with van der Waals surface area (Å²) in [4.78, 5) is 10.5. The zero-order valence-corrected chi connectivity index (χ0v) is 9.50. The van der Waals surface area contributed by atoms with Crippen LogP contribution in [0.15, 0.2) is 12.7 Å². The van der Waals surface area contributed by atoms with E-state index in [1.54, 1.807) is 0 Å². The van der Waals surface area contributed by atoms with Gasteiger partial charge in [-0.3, -0.25) is 4.79 Å². The summed E-state index contributed by atoms with van der Waals surface area (Å²) in [5.41, 5.74) is 0.384. The lowest BCUT2D eigenvalue weighted by molar-refractivity contribution is -0.137. The van der Waals surface area contributed by atoms with Gasteiger partial charge in [-0.2, -0.15) is 0 Å². The fourth-order valence-electron chi connectivity index (χ4n) is 2.78. The van der Waals surface area contributed by atoms with Crippen LogP contribution in [-0.2, 0) is 4.79 Å². The summed E-state index contributed by atoms with van der Waals surface area (Å²) < 4.78 is 0. The summed E-state index contributed by atoms with van der Waals surface area (Å²) in [6.07, 6.45) is 11.8. The second kappa shape index (κ2) is 5.94. The number of hydrogen-bond donors (Lipinski definition) is 1. The van der Waals surface area contributed by atoms with E-state index in [4.69, 9.17) is 5.11 Å². The molecule has 0 atom stereocenters. The van der Waals surface area contributed by atoms with Gasteiger partial charge in [-0.15, -0.1) is 6.58 Å². The SMILES string of the molecule is C=CCC1(CCCC(=O)O)CCCCC1. The molecule has 0 aliphatic heterocycles. The fourth-order valence-corrected chi connectivity index (χ4v) is 2.78. The molecule has 2 nitrogen and oxygen atoms in total. The molecule has 1 N–H and O–H groups in total. The molecule has 2 heteroatoms. The highest BCUT2D eigenvalue weighted by Gasteiger charge is 2.30. The minimum atomic E-state index is -0.667. The van der Waals surface area contributed by atoms with Crippen LogP contribution >= 0.6 is 0 Å². The lowest BCUT2D eigenvalue weighted by Crippen LogP contribution is -2.23. The maximum Gasteiger partial charge on any atom is 0.303 e. The zero-order valence-electron chi connectivity index (χ0n) is 9.50. The van der Waals surface area contributed by atoms with Crippen molar-refractivity contribution in [3.05, 3.63) is 12.7 Å². The minimum Gasteiger partial charge on any atom is -0.481 e. The highest BCUT2D eigenvalue weighted by molar-refractivity contribution is 5.66. The minimum absolute atomic E-state index is 0.318. The smallest absolute Gasteiger partial charge is 0.303 e. The van der Waals surface area contributed by atoms with Crippen LogP contribution in [-0.4, -0.2) is 11.1 Å². The van der Waals surface area contributed by atoms with Crippen LogP contribution in [0.25, 0.3) is 0 Å². The van der Waals surface area contributed by atoms with Crippen LogP contribution in [0.1, 0.15) is 57.8 Å². The molecular weight excluding hydrogens is 188 g/mol. The Kier molecular flexibility index (Phi) is 4.86. The molecule has 1 aliphatic rings. The Morgan fingerprint density at radius 3 is 2.53 bits per heavy atom. The van der Waals surface area contributed by atoms with Crippen molar-refractivity contribution in [2.45, 2.75) is 57.8 Å². The Labute approximate surface area is 92.4 Å². The third kappa shape index (κ3) is 4.06. The summed E-state index contributed by atoms with van der Waals surface area (Å²) in [5.74, 6) is -0.667. The number of carboxylic acids is 1. The van der Waals surface area contributed by atoms with E-state index in [1.807, 2.05) is 6.08 Å². The van der Waals surface area contributed by atoms with Gasteiger partial charge in [0, 0.05) is 6.42 Å². The van der Waals surface area contributed by atoms with Crippen LogP contribution < -0.4 is 0 Å². The average Bonchev–Trinajstić information content (AvgIpc) is 2.19. The van der Waals surface area contributed by atoms with Crippen molar-refractivity contribution in [3.8, 4) is 0 Å². The Morgan fingerprint density at radius 2 is 2.00 bits per heavy atom. The lowest BCUT2D eigenvalue weighted by atomic mass is 9.69. The van der Waals surface area contributed by atoms with Crippen LogP contribution in [0, 0.1) is 5.41 Å². The molecular formula is C13H22O2. The van der Waals surface area contributed by atoms with Gasteiger partial charge in [0.2, 0.25) is 0 Å². The number of hydrogen-bond acceptors (Lipinski definition) is 1. The summed E-state index contributed by atoms with van der Waals surface area (Å²) in [7, 11) is 0. The van der Waals surface area contributed by atoms with Crippen LogP contribution in [0.2, 0.25) is 0 Å². The van der Waals surface area contributed by atoms with Crippen LogP contribution in [0.3, 0.4) is 0 Å². The normalized spacial score (nSPS) is 19.7. The maximum atomic E-state index is 10.5. The van der Waals surface area contributed by atoms with E-state index in [-0.39, 0.29) is 0 Å². The van der Waals surface area contributed by atoms with Crippen molar-refractivity contribution in [2.24, 2.45) is 5.41 Å². The van der Waals surface area contributed by atoms with Crippen molar-refractivity contribution < 1.29 is 9.90 Å². The number of aliphatic carboxylic acids is 1. The third-order valence-electron chi connectivity index (χ3n) is 3.59. The van der Waals surface area contributed by atoms with Gasteiger partial charge in [0.15, 0.2) is 0 Å². The van der Waals surface area contributed by atoms with Gasteiger partial charge in [0.05, 0.1) is 0 Å². The van der Waals surface area contributed by atoms with E-state index in [1.165, 1.54) is 32.1 Å². The molecule has 0 amide bonds. The largest absolute Gasteiger partial charge is 0.481 e. The van der Waals surface area contributed by atoms with Gasteiger partial charge in [0.25, 0.3) is 0 Å². The molecule has 0 aromatic heterocycles. The molecule has 15 heavy (non-hydrogen) atoms. The predicted molar refractivity (Wildman–Crippen MR) is 61.8 cm³/mol. The van der Waals surface area contributed by atoms with E-state index >= 15 is 0 Å². The molecule has 0 aromatic carbocycles. The topological polar surface area (TPSA) is 37.3 Å². The molecule has 1 saturated carbocycles. The molecule has 1 rings (SSSR count). The van der Waals surface area contributed by atoms with Crippen LogP contribution in [0.4, 0.5) is 0 Å². The molecule has 0 aromatic rings. The highest BCUT2D eigenvalue weighted by Crippen LogP contribution is 2.43. The molecule has 0 heterocycles. The second-order valence-electron chi connectivity index (χ2n) is 4.80. The average molecular weight is 210 g/mol. The van der Waals surface area contributed by atoms with Gasteiger partial charge in [-0.25, -0.2) is 0 Å². The Balaban J connectivity index is 2.41. The summed E-state index contributed by atoms with van der Waals surface area (Å²) in [5, 5.41) is 8.64. The van der Waals surface area contributed by atoms with Gasteiger partial charge < -0.3 is 5.11 Å². The van der Waals surface area contributed by atoms with Gasteiger partial charge in [-0.1, -0.05) is 25.3 Å². The van der Waals surface area contributed by atoms with Crippen molar-refractivity contribution in [3.63, 3.8) is 0 Å². The standard InChI is InChI=1S/C13H22O2/c1-2-8-13(9-4-3-5-10-13)11-6-7-12(14)15/h2H,1,3-11H2,(H,14,15). The van der Waals surface area contributed by atoms with Crippen molar-refractivity contribution in [2.75, 3.05) is 0 Å². The first kappa shape index (κ1) is 12.3. The number of allylic oxidation sites excluding steroid dienone is 1. The molecule has 1 aliphatic carbocycles. The van der Waals surface area contributed by atoms with Gasteiger partial charge >= 0.3 is 5.97 Å². The molecule has 0 radical (unpaired) electrons. The Bertz CT molecular complexity index is 215. The lowest BCUT2D eigenvalue weighted by Gasteiger charge is -2.36. The van der Waals surface area contributed by atoms with Gasteiger partial charge in [-0.05, 0) is 37.5 Å². The first-order valence-electron chi connectivity index (χ1n) is 6.01. The van der Waals surface area contributed by atoms with E-state index in [2.05, 4.69) is 6.58 Å². The van der Waals surface area contributed by atoms with Crippen molar-refractivity contribution >= 4 is 5.97 Å². The number of rotatable bonds is 6. The third-order valence-corrected chi connectivity index (χ3v) is 3.59. The first-order valence-corrected chi connectivity index (χ1v) is 6.01. The molecule has 0 bridgehead atoms.